The van der Waals surface area contributed by atoms with Crippen molar-refractivity contribution in [3.05, 3.63) is 12.2 Å². The lowest BCUT2D eigenvalue weighted by molar-refractivity contribution is -0.0307. The first-order chi connectivity index (χ1) is 8.85. The van der Waals surface area contributed by atoms with E-state index in [9.17, 15) is 4.79 Å². The summed E-state index contributed by atoms with van der Waals surface area (Å²) >= 11 is 0. The van der Waals surface area contributed by atoms with E-state index < -0.39 is 26.4 Å². The second-order valence-electron chi connectivity index (χ2n) is 4.01. The molecule has 0 aromatic carbocycles. The summed E-state index contributed by atoms with van der Waals surface area (Å²) in [5.74, 6) is -0.832. The van der Waals surface area contributed by atoms with Crippen LogP contribution in [0, 0.1) is 0 Å². The Hall–Kier alpha value is -1.16. The average molecular weight is 293 g/mol. The van der Waals surface area contributed by atoms with E-state index in [4.69, 9.17) is 25.2 Å². The molecule has 5 N–H and O–H groups in total. The second kappa shape index (κ2) is 5.45. The number of hydrogen-bond acceptors (Lipinski definition) is 8. The van der Waals surface area contributed by atoms with Crippen LogP contribution in [0.3, 0.4) is 0 Å². The van der Waals surface area contributed by atoms with Crippen LogP contribution in [0.4, 0.5) is 0 Å². The number of amides is 1. The number of rotatable bonds is 5. The molecule has 106 valence electrons. The van der Waals surface area contributed by atoms with Crippen LogP contribution in [0.15, 0.2) is 6.33 Å². The molecule has 1 amide bonds. The Morgan fingerprint density at radius 1 is 1.58 bits per heavy atom. The molecule has 0 saturated carbocycles. The van der Waals surface area contributed by atoms with E-state index in [1.54, 1.807) is 0 Å². The molecule has 1 saturated heterocycles. The Labute approximate surface area is 108 Å². The first-order valence-corrected chi connectivity index (χ1v) is 7.00. The van der Waals surface area contributed by atoms with E-state index in [1.165, 1.54) is 11.0 Å². The second-order valence-corrected chi connectivity index (χ2v) is 5.30. The van der Waals surface area contributed by atoms with Gasteiger partial charge in [0.1, 0.15) is 12.9 Å². The molecule has 11 heteroatoms. The van der Waals surface area contributed by atoms with Crippen LogP contribution in [-0.2, 0) is 9.26 Å². The van der Waals surface area contributed by atoms with Crippen LogP contribution >= 0.6 is 8.17 Å². The third-order valence-corrected chi connectivity index (χ3v) is 3.04. The average Bonchev–Trinajstić information content (AvgIpc) is 2.94. The lowest BCUT2D eigenvalue weighted by Gasteiger charge is -2.12. The molecule has 1 fully saturated rings. The van der Waals surface area contributed by atoms with Gasteiger partial charge in [0.25, 0.3) is 5.91 Å². The monoisotopic (exact) mass is 293 g/mol. The number of nitrogens with zero attached hydrogens (tertiary/aromatic N) is 3. The summed E-state index contributed by atoms with van der Waals surface area (Å²) in [5, 5.41) is 3.86. The molecule has 1 aliphatic heterocycles. The summed E-state index contributed by atoms with van der Waals surface area (Å²) in [6.07, 6.45) is 1.66. The van der Waals surface area contributed by atoms with Crippen molar-refractivity contribution in [3.8, 4) is 0 Å². The van der Waals surface area contributed by atoms with Gasteiger partial charge >= 0.3 is 8.17 Å². The molecule has 2 rings (SSSR count). The molecule has 1 aromatic heterocycles. The molecule has 0 bridgehead atoms. The van der Waals surface area contributed by atoms with Gasteiger partial charge in [-0.1, -0.05) is 0 Å². The molecule has 10 nitrogen and oxygen atoms in total. The SMILES string of the molecule is NC(=O)c1ncn(C2CCC(CO[P+](O)(O)O)O2)n1. The molecule has 2 heterocycles. The lowest BCUT2D eigenvalue weighted by Crippen LogP contribution is -2.18. The Balaban J connectivity index is 1.89. The molecule has 2 unspecified atom stereocenters. The van der Waals surface area contributed by atoms with Crippen molar-refractivity contribution in [2.75, 3.05) is 6.61 Å². The minimum atomic E-state index is -4.24. The summed E-state index contributed by atoms with van der Waals surface area (Å²) in [5.41, 5.74) is 5.03. The maximum absolute atomic E-state index is 10.8. The summed E-state index contributed by atoms with van der Waals surface area (Å²) in [6.45, 7) is -0.148. The molecule has 2 atom stereocenters. The van der Waals surface area contributed by atoms with Crippen molar-refractivity contribution in [2.24, 2.45) is 5.73 Å². The van der Waals surface area contributed by atoms with Crippen LogP contribution in [-0.4, -0.2) is 48.1 Å². The number of hydrogen-bond donors (Lipinski definition) is 4. The largest absolute Gasteiger partial charge is 0.567 e. The van der Waals surface area contributed by atoms with Crippen molar-refractivity contribution in [2.45, 2.75) is 25.2 Å². The predicted molar refractivity (Wildman–Crippen MR) is 61.2 cm³/mol. The van der Waals surface area contributed by atoms with Gasteiger partial charge in [-0.15, -0.1) is 5.10 Å². The van der Waals surface area contributed by atoms with E-state index in [0.717, 1.165) is 0 Å². The van der Waals surface area contributed by atoms with Crippen LogP contribution in [0.2, 0.25) is 0 Å². The van der Waals surface area contributed by atoms with Gasteiger partial charge in [-0.25, -0.2) is 9.67 Å². The topological polar surface area (TPSA) is 153 Å². The van der Waals surface area contributed by atoms with Crippen molar-refractivity contribution >= 4 is 14.1 Å². The zero-order valence-electron chi connectivity index (χ0n) is 9.79. The zero-order chi connectivity index (χ0) is 14.0. The molecular weight excluding hydrogens is 279 g/mol. The van der Waals surface area contributed by atoms with Gasteiger partial charge in [0, 0.05) is 0 Å². The summed E-state index contributed by atoms with van der Waals surface area (Å²) < 4.78 is 11.3. The van der Waals surface area contributed by atoms with Crippen molar-refractivity contribution < 1.29 is 28.7 Å². The minimum absolute atomic E-state index is 0.102. The van der Waals surface area contributed by atoms with E-state index in [-0.39, 0.29) is 12.4 Å². The van der Waals surface area contributed by atoms with E-state index in [1.807, 2.05) is 0 Å². The van der Waals surface area contributed by atoms with E-state index in [0.29, 0.717) is 12.8 Å². The fourth-order valence-electron chi connectivity index (χ4n) is 1.71. The molecule has 19 heavy (non-hydrogen) atoms. The number of aromatic nitrogens is 3. The number of carbonyl (C=O) groups is 1. The van der Waals surface area contributed by atoms with Crippen molar-refractivity contribution in [3.63, 3.8) is 0 Å². The third-order valence-electron chi connectivity index (χ3n) is 2.54. The highest BCUT2D eigenvalue weighted by Gasteiger charge is 2.37. The Morgan fingerprint density at radius 2 is 2.32 bits per heavy atom. The molecule has 0 spiro atoms. The first-order valence-electron chi connectivity index (χ1n) is 5.43. The molecule has 1 aliphatic rings. The third kappa shape index (κ3) is 3.90. The Morgan fingerprint density at radius 3 is 2.89 bits per heavy atom. The number of ether oxygens (including phenoxy) is 1. The number of primary amides is 1. The highest BCUT2D eigenvalue weighted by molar-refractivity contribution is 7.53. The standard InChI is InChI=1S/C8H13N4O6P/c9-7(13)8-10-4-12(11-8)6-2-1-5(18-6)3-17-19(14,15)16/h4-6,14-16H,1-3H2,(H-,9,13)/p+1. The summed E-state index contributed by atoms with van der Waals surface area (Å²) in [4.78, 5) is 40.6. The van der Waals surface area contributed by atoms with Gasteiger partial charge in [-0.05, 0) is 12.8 Å². The lowest BCUT2D eigenvalue weighted by atomic mass is 10.2. The van der Waals surface area contributed by atoms with Gasteiger partial charge in [-0.2, -0.15) is 19.2 Å². The maximum Gasteiger partial charge on any atom is 0.567 e. The zero-order valence-corrected chi connectivity index (χ0v) is 10.7. The molecular formula is C8H14N4O6P+. The van der Waals surface area contributed by atoms with Gasteiger partial charge in [0.15, 0.2) is 6.23 Å². The smallest absolute Gasteiger partial charge is 0.363 e. The van der Waals surface area contributed by atoms with E-state index in [2.05, 4.69) is 14.6 Å². The van der Waals surface area contributed by atoms with Crippen LogP contribution in [0.1, 0.15) is 29.7 Å². The summed E-state index contributed by atoms with van der Waals surface area (Å²) in [6, 6.07) is 0. The van der Waals surface area contributed by atoms with Gasteiger partial charge in [0.2, 0.25) is 5.82 Å². The van der Waals surface area contributed by atoms with Gasteiger partial charge < -0.3 is 10.5 Å². The van der Waals surface area contributed by atoms with Crippen LogP contribution in [0.25, 0.3) is 0 Å². The predicted octanol–water partition coefficient (Wildman–Crippen LogP) is -1.27. The number of carbonyl (C=O) groups excluding carboxylic acids is 1. The van der Waals surface area contributed by atoms with Crippen molar-refractivity contribution in [1.29, 1.82) is 0 Å². The van der Waals surface area contributed by atoms with Crippen molar-refractivity contribution in [1.82, 2.24) is 14.8 Å². The summed E-state index contributed by atoms with van der Waals surface area (Å²) in [7, 11) is -4.24. The fourth-order valence-corrected chi connectivity index (χ4v) is 2.08. The van der Waals surface area contributed by atoms with Crippen LogP contribution in [0.5, 0.6) is 0 Å². The normalized spacial score (nSPS) is 23.7. The number of nitrogens with two attached hydrogens (primary N) is 1. The minimum Gasteiger partial charge on any atom is -0.363 e. The fraction of sp³-hybridized carbons (Fsp3) is 0.625. The first kappa shape index (κ1) is 14.3. The maximum atomic E-state index is 10.8. The molecule has 0 radical (unpaired) electrons. The van der Waals surface area contributed by atoms with Gasteiger partial charge in [-0.3, -0.25) is 4.79 Å². The highest BCUT2D eigenvalue weighted by atomic mass is 31.2. The Bertz CT molecular complexity index is 460. The molecule has 0 aliphatic carbocycles. The highest BCUT2D eigenvalue weighted by Crippen LogP contribution is 2.46. The van der Waals surface area contributed by atoms with E-state index >= 15 is 0 Å². The molecule has 1 aromatic rings. The van der Waals surface area contributed by atoms with Crippen LogP contribution < -0.4 is 5.73 Å². The van der Waals surface area contributed by atoms with Gasteiger partial charge in [0.05, 0.1) is 6.10 Å². The quantitative estimate of drug-likeness (QED) is 0.490. The Kier molecular flexibility index (Phi) is 4.09.